The minimum atomic E-state index is -0.181. The zero-order valence-electron chi connectivity index (χ0n) is 14.7. The highest BCUT2D eigenvalue weighted by Crippen LogP contribution is 2.56. The van der Waals surface area contributed by atoms with Crippen LogP contribution in [0.25, 0.3) is 0 Å². The van der Waals surface area contributed by atoms with E-state index < -0.39 is 0 Å². The summed E-state index contributed by atoms with van der Waals surface area (Å²) in [6.07, 6.45) is 9.67. The van der Waals surface area contributed by atoms with Crippen molar-refractivity contribution in [3.05, 3.63) is 37.0 Å². The molecule has 0 bridgehead atoms. The zero-order chi connectivity index (χ0) is 17.0. The Morgan fingerprint density at radius 1 is 1.32 bits per heavy atom. The molecule has 0 aromatic rings. The van der Waals surface area contributed by atoms with Crippen molar-refractivity contribution in [1.82, 2.24) is 0 Å². The second-order valence-corrected chi connectivity index (χ2v) is 7.44. The van der Waals surface area contributed by atoms with E-state index in [0.717, 1.165) is 31.3 Å². The molecular formula is C20H32O2. The fraction of sp³-hybridized carbons (Fsp3) is 0.650. The predicted octanol–water partition coefficient (Wildman–Crippen LogP) is 4.71. The summed E-state index contributed by atoms with van der Waals surface area (Å²) in [5.41, 5.74) is 0.770. The molecule has 1 N–H and O–H groups in total. The van der Waals surface area contributed by atoms with E-state index in [2.05, 4.69) is 33.1 Å². The largest absolute Gasteiger partial charge is 0.396 e. The van der Waals surface area contributed by atoms with E-state index in [0.29, 0.717) is 0 Å². The highest BCUT2D eigenvalue weighted by Gasteiger charge is 2.51. The van der Waals surface area contributed by atoms with Gasteiger partial charge in [0.2, 0.25) is 0 Å². The van der Waals surface area contributed by atoms with Crippen molar-refractivity contribution in [3.8, 4) is 0 Å². The summed E-state index contributed by atoms with van der Waals surface area (Å²) in [5.74, 6) is 0.325. The predicted molar refractivity (Wildman–Crippen MR) is 93.6 cm³/mol. The molecule has 0 spiro atoms. The van der Waals surface area contributed by atoms with E-state index in [-0.39, 0.29) is 35.1 Å². The van der Waals surface area contributed by atoms with E-state index in [1.165, 1.54) is 0 Å². The number of aliphatic hydroxyl groups is 1. The van der Waals surface area contributed by atoms with Crippen molar-refractivity contribution in [1.29, 1.82) is 0 Å². The molecular weight excluding hydrogens is 272 g/mol. The van der Waals surface area contributed by atoms with Crippen LogP contribution in [-0.2, 0) is 4.79 Å². The Kier molecular flexibility index (Phi) is 6.37. The Bertz CT molecular complexity index is 462. The number of Topliss-reactive ketones (excluding diaryl/α,β-unsaturated/α-hetero) is 1. The van der Waals surface area contributed by atoms with Crippen LogP contribution in [0.2, 0.25) is 0 Å². The van der Waals surface area contributed by atoms with Gasteiger partial charge in [0.1, 0.15) is 5.78 Å². The second-order valence-electron chi connectivity index (χ2n) is 7.44. The monoisotopic (exact) mass is 304 g/mol. The fourth-order valence-electron chi connectivity index (χ4n) is 4.39. The van der Waals surface area contributed by atoms with Crippen LogP contribution in [0.3, 0.4) is 0 Å². The van der Waals surface area contributed by atoms with Crippen molar-refractivity contribution in [2.24, 2.45) is 22.7 Å². The Hall–Kier alpha value is -1.15. The van der Waals surface area contributed by atoms with Gasteiger partial charge < -0.3 is 5.11 Å². The van der Waals surface area contributed by atoms with Crippen molar-refractivity contribution < 1.29 is 9.90 Å². The van der Waals surface area contributed by atoms with E-state index in [1.807, 2.05) is 19.1 Å². The van der Waals surface area contributed by atoms with Gasteiger partial charge >= 0.3 is 0 Å². The maximum atomic E-state index is 12.4. The van der Waals surface area contributed by atoms with E-state index in [1.54, 1.807) is 6.92 Å². The van der Waals surface area contributed by atoms with Crippen LogP contribution in [0.1, 0.15) is 53.4 Å². The molecule has 0 amide bonds. The average Bonchev–Trinajstić information content (AvgIpc) is 2.46. The molecule has 4 unspecified atom stereocenters. The van der Waals surface area contributed by atoms with Gasteiger partial charge in [-0.25, -0.2) is 0 Å². The van der Waals surface area contributed by atoms with Gasteiger partial charge in [0.05, 0.1) is 0 Å². The lowest BCUT2D eigenvalue weighted by molar-refractivity contribution is -0.130. The highest BCUT2D eigenvalue weighted by molar-refractivity contribution is 5.79. The van der Waals surface area contributed by atoms with Crippen molar-refractivity contribution in [3.63, 3.8) is 0 Å². The third-order valence-corrected chi connectivity index (χ3v) is 5.81. The molecule has 0 radical (unpaired) electrons. The van der Waals surface area contributed by atoms with E-state index >= 15 is 0 Å². The fourth-order valence-corrected chi connectivity index (χ4v) is 4.39. The number of hydrogen-bond donors (Lipinski definition) is 1. The molecule has 0 saturated heterocycles. The minimum absolute atomic E-state index is 0.0448. The summed E-state index contributed by atoms with van der Waals surface area (Å²) < 4.78 is 0. The smallest absolute Gasteiger partial charge is 0.133 e. The van der Waals surface area contributed by atoms with Crippen LogP contribution < -0.4 is 0 Å². The first-order valence-electron chi connectivity index (χ1n) is 8.28. The molecule has 0 heterocycles. The molecule has 1 aliphatic rings. The summed E-state index contributed by atoms with van der Waals surface area (Å²) >= 11 is 0. The topological polar surface area (TPSA) is 37.3 Å². The first kappa shape index (κ1) is 18.9. The normalized spacial score (nSPS) is 34.0. The van der Waals surface area contributed by atoms with Crippen LogP contribution in [0, 0.1) is 22.7 Å². The zero-order valence-corrected chi connectivity index (χ0v) is 14.7. The molecule has 2 heteroatoms. The molecule has 1 saturated carbocycles. The summed E-state index contributed by atoms with van der Waals surface area (Å²) in [6, 6.07) is 0. The lowest BCUT2D eigenvalue weighted by atomic mass is 9.51. The third-order valence-electron chi connectivity index (χ3n) is 5.81. The summed E-state index contributed by atoms with van der Waals surface area (Å²) in [7, 11) is 0. The Balaban J connectivity index is 3.21. The standard InChI is InChI=1S/C20H32O2/c1-7-15(3)10-11-17(16(4)22)20(6)13-9-12-19(5,14-21)18(20)8-2/h7-8,10,17-18,21H,1-2,9,11-14H2,3-6H3. The molecule has 2 nitrogen and oxygen atoms in total. The Morgan fingerprint density at radius 3 is 2.41 bits per heavy atom. The lowest BCUT2D eigenvalue weighted by Gasteiger charge is -2.53. The lowest BCUT2D eigenvalue weighted by Crippen LogP contribution is -2.49. The summed E-state index contributed by atoms with van der Waals surface area (Å²) in [5, 5.41) is 9.90. The van der Waals surface area contributed by atoms with Gasteiger partial charge in [-0.05, 0) is 49.9 Å². The highest BCUT2D eigenvalue weighted by atomic mass is 16.3. The molecule has 1 fully saturated rings. The van der Waals surface area contributed by atoms with Crippen molar-refractivity contribution in [2.75, 3.05) is 6.61 Å². The van der Waals surface area contributed by atoms with Gasteiger partial charge in [-0.2, -0.15) is 0 Å². The van der Waals surface area contributed by atoms with Crippen LogP contribution >= 0.6 is 0 Å². The van der Waals surface area contributed by atoms with Gasteiger partial charge in [0, 0.05) is 12.5 Å². The van der Waals surface area contributed by atoms with Crippen LogP contribution in [0.15, 0.2) is 37.0 Å². The molecule has 0 aromatic heterocycles. The number of rotatable bonds is 7. The number of hydrogen-bond acceptors (Lipinski definition) is 2. The molecule has 4 atom stereocenters. The van der Waals surface area contributed by atoms with Gasteiger partial charge in [-0.3, -0.25) is 4.79 Å². The van der Waals surface area contributed by atoms with Gasteiger partial charge in [0.15, 0.2) is 0 Å². The first-order valence-corrected chi connectivity index (χ1v) is 8.28. The molecule has 22 heavy (non-hydrogen) atoms. The van der Waals surface area contributed by atoms with Crippen LogP contribution in [-0.4, -0.2) is 17.5 Å². The molecule has 1 rings (SSSR count). The van der Waals surface area contributed by atoms with E-state index in [9.17, 15) is 9.90 Å². The number of carbonyl (C=O) groups excluding carboxylic acids is 1. The molecule has 1 aliphatic carbocycles. The Labute approximate surface area is 136 Å². The van der Waals surface area contributed by atoms with Crippen molar-refractivity contribution in [2.45, 2.75) is 53.4 Å². The Morgan fingerprint density at radius 2 is 1.95 bits per heavy atom. The van der Waals surface area contributed by atoms with Gasteiger partial charge in [0.25, 0.3) is 0 Å². The number of aliphatic hydroxyl groups excluding tert-OH is 1. The first-order chi connectivity index (χ1) is 10.2. The van der Waals surface area contributed by atoms with E-state index in [4.69, 9.17) is 0 Å². The second kappa shape index (κ2) is 7.41. The van der Waals surface area contributed by atoms with Crippen molar-refractivity contribution >= 4 is 5.78 Å². The molecule has 0 aromatic carbocycles. The number of carbonyl (C=O) groups is 1. The van der Waals surface area contributed by atoms with Gasteiger partial charge in [-0.1, -0.05) is 50.6 Å². The van der Waals surface area contributed by atoms with Crippen LogP contribution in [0.5, 0.6) is 0 Å². The molecule has 124 valence electrons. The quantitative estimate of drug-likeness (QED) is 0.546. The molecule has 0 aliphatic heterocycles. The maximum absolute atomic E-state index is 12.4. The summed E-state index contributed by atoms with van der Waals surface area (Å²) in [4.78, 5) is 12.4. The van der Waals surface area contributed by atoms with Gasteiger partial charge in [-0.15, -0.1) is 6.58 Å². The summed E-state index contributed by atoms with van der Waals surface area (Å²) in [6.45, 7) is 16.0. The van der Waals surface area contributed by atoms with Crippen LogP contribution in [0.4, 0.5) is 0 Å². The minimum Gasteiger partial charge on any atom is -0.396 e. The SMILES string of the molecule is C=CC(C)=CCC(C(C)=O)C1(C)CCCC(C)(CO)C1C=C. The third kappa shape index (κ3) is 3.60. The number of ketones is 1. The maximum Gasteiger partial charge on any atom is 0.133 e. The average molecular weight is 304 g/mol. The number of allylic oxidation sites excluding steroid dienone is 4.